The van der Waals surface area contributed by atoms with Crippen molar-refractivity contribution in [2.45, 2.75) is 37.9 Å². The lowest BCUT2D eigenvalue weighted by molar-refractivity contribution is -0.135. The largest absolute Gasteiger partial charge is 0.394 e. The van der Waals surface area contributed by atoms with E-state index in [1.807, 2.05) is 17.0 Å². The molecular formula is C15H20N2O2. The van der Waals surface area contributed by atoms with Crippen molar-refractivity contribution >= 4 is 5.91 Å². The highest BCUT2D eigenvalue weighted by Crippen LogP contribution is 2.22. The maximum absolute atomic E-state index is 12.5. The molecule has 1 aromatic rings. The summed E-state index contributed by atoms with van der Waals surface area (Å²) in [5.41, 5.74) is 2.55. The molecule has 0 radical (unpaired) electrons. The van der Waals surface area contributed by atoms with Crippen LogP contribution in [0.4, 0.5) is 0 Å². The van der Waals surface area contributed by atoms with Gasteiger partial charge in [-0.25, -0.2) is 0 Å². The van der Waals surface area contributed by atoms with Crippen LogP contribution in [-0.4, -0.2) is 41.1 Å². The zero-order chi connectivity index (χ0) is 13.2. The molecule has 1 amide bonds. The molecule has 1 fully saturated rings. The SMILES string of the molecule is O=C(C1Cc2ccccc2CN1)N1CCC[C@@H]1CO. The van der Waals surface area contributed by atoms with Crippen LogP contribution in [0.3, 0.4) is 0 Å². The van der Waals surface area contributed by atoms with Crippen molar-refractivity contribution in [3.05, 3.63) is 35.4 Å². The van der Waals surface area contributed by atoms with Gasteiger partial charge in [0.2, 0.25) is 5.91 Å². The maximum atomic E-state index is 12.5. The number of fused-ring (bicyclic) bond motifs is 1. The summed E-state index contributed by atoms with van der Waals surface area (Å²) in [5.74, 6) is 0.144. The third kappa shape index (κ3) is 2.38. The number of aliphatic hydroxyl groups is 1. The smallest absolute Gasteiger partial charge is 0.240 e. The van der Waals surface area contributed by atoms with Crippen LogP contribution in [0.5, 0.6) is 0 Å². The summed E-state index contributed by atoms with van der Waals surface area (Å²) in [6, 6.07) is 8.15. The molecule has 2 heterocycles. The first kappa shape index (κ1) is 12.6. The van der Waals surface area contributed by atoms with Crippen LogP contribution in [0.2, 0.25) is 0 Å². The predicted octanol–water partition coefficient (Wildman–Crippen LogP) is 0.684. The van der Waals surface area contributed by atoms with E-state index in [-0.39, 0.29) is 24.6 Å². The Balaban J connectivity index is 1.72. The van der Waals surface area contributed by atoms with E-state index in [1.54, 1.807) is 0 Å². The number of hydrogen-bond donors (Lipinski definition) is 2. The Labute approximate surface area is 113 Å². The summed E-state index contributed by atoms with van der Waals surface area (Å²) in [5, 5.41) is 12.7. The second-order valence-corrected chi connectivity index (χ2v) is 5.42. The second kappa shape index (κ2) is 5.31. The predicted molar refractivity (Wildman–Crippen MR) is 72.6 cm³/mol. The highest BCUT2D eigenvalue weighted by molar-refractivity contribution is 5.83. The van der Waals surface area contributed by atoms with E-state index in [4.69, 9.17) is 0 Å². The van der Waals surface area contributed by atoms with E-state index < -0.39 is 0 Å². The Morgan fingerprint density at radius 3 is 2.95 bits per heavy atom. The Morgan fingerprint density at radius 1 is 1.37 bits per heavy atom. The minimum absolute atomic E-state index is 0.0199. The lowest BCUT2D eigenvalue weighted by atomic mass is 9.95. The van der Waals surface area contributed by atoms with Gasteiger partial charge in [0.15, 0.2) is 0 Å². The third-order valence-electron chi connectivity index (χ3n) is 4.25. The Kier molecular flexibility index (Phi) is 3.53. The number of likely N-dealkylation sites (tertiary alicyclic amines) is 1. The number of carbonyl (C=O) groups is 1. The molecule has 2 N–H and O–H groups in total. The molecule has 4 nitrogen and oxygen atoms in total. The first-order chi connectivity index (χ1) is 9.29. The average molecular weight is 260 g/mol. The van der Waals surface area contributed by atoms with E-state index in [0.29, 0.717) is 0 Å². The molecule has 0 aliphatic carbocycles. The number of amides is 1. The summed E-state index contributed by atoms with van der Waals surface area (Å²) < 4.78 is 0. The molecule has 4 heteroatoms. The van der Waals surface area contributed by atoms with E-state index in [9.17, 15) is 9.90 Å². The van der Waals surface area contributed by atoms with Gasteiger partial charge in [-0.05, 0) is 30.4 Å². The van der Waals surface area contributed by atoms with E-state index in [1.165, 1.54) is 11.1 Å². The number of nitrogens with one attached hydrogen (secondary N) is 1. The van der Waals surface area contributed by atoms with E-state index >= 15 is 0 Å². The zero-order valence-electron chi connectivity index (χ0n) is 11.0. The van der Waals surface area contributed by atoms with Crippen molar-refractivity contribution in [2.75, 3.05) is 13.2 Å². The molecule has 2 atom stereocenters. The van der Waals surface area contributed by atoms with Crippen LogP contribution >= 0.6 is 0 Å². The van der Waals surface area contributed by atoms with Gasteiger partial charge in [0.05, 0.1) is 18.7 Å². The number of aliphatic hydroxyl groups excluding tert-OH is 1. The second-order valence-electron chi connectivity index (χ2n) is 5.42. The normalized spacial score (nSPS) is 26.3. The lowest BCUT2D eigenvalue weighted by Gasteiger charge is -2.31. The molecule has 1 aromatic carbocycles. The van der Waals surface area contributed by atoms with Gasteiger partial charge < -0.3 is 15.3 Å². The summed E-state index contributed by atoms with van der Waals surface area (Å²) in [7, 11) is 0. The van der Waals surface area contributed by atoms with Gasteiger partial charge in [-0.3, -0.25) is 4.79 Å². The monoisotopic (exact) mass is 260 g/mol. The summed E-state index contributed by atoms with van der Waals surface area (Å²) in [6.45, 7) is 1.61. The van der Waals surface area contributed by atoms with Gasteiger partial charge >= 0.3 is 0 Å². The van der Waals surface area contributed by atoms with Gasteiger partial charge in [-0.15, -0.1) is 0 Å². The van der Waals surface area contributed by atoms with Gasteiger partial charge in [-0.1, -0.05) is 24.3 Å². The van der Waals surface area contributed by atoms with Crippen molar-refractivity contribution in [1.82, 2.24) is 10.2 Å². The van der Waals surface area contributed by atoms with E-state index in [0.717, 1.165) is 32.4 Å². The van der Waals surface area contributed by atoms with Crippen LogP contribution in [0, 0.1) is 0 Å². The highest BCUT2D eigenvalue weighted by atomic mass is 16.3. The van der Waals surface area contributed by atoms with Crippen LogP contribution in [0.15, 0.2) is 24.3 Å². The molecule has 1 saturated heterocycles. The quantitative estimate of drug-likeness (QED) is 0.822. The van der Waals surface area contributed by atoms with Crippen LogP contribution in [-0.2, 0) is 17.8 Å². The first-order valence-electron chi connectivity index (χ1n) is 7.01. The molecule has 102 valence electrons. The minimum Gasteiger partial charge on any atom is -0.394 e. The topological polar surface area (TPSA) is 52.6 Å². The number of benzene rings is 1. The molecular weight excluding hydrogens is 240 g/mol. The van der Waals surface area contributed by atoms with Gasteiger partial charge in [0, 0.05) is 13.1 Å². The fourth-order valence-corrected chi connectivity index (χ4v) is 3.14. The number of rotatable bonds is 2. The van der Waals surface area contributed by atoms with Crippen molar-refractivity contribution in [3.63, 3.8) is 0 Å². The Hall–Kier alpha value is -1.39. The molecule has 3 rings (SSSR count). The van der Waals surface area contributed by atoms with Crippen LogP contribution in [0.1, 0.15) is 24.0 Å². The van der Waals surface area contributed by atoms with Crippen molar-refractivity contribution in [2.24, 2.45) is 0 Å². The Morgan fingerprint density at radius 2 is 2.16 bits per heavy atom. The summed E-state index contributed by atoms with van der Waals surface area (Å²) in [4.78, 5) is 14.4. The molecule has 19 heavy (non-hydrogen) atoms. The van der Waals surface area contributed by atoms with Gasteiger partial charge in [-0.2, -0.15) is 0 Å². The van der Waals surface area contributed by atoms with Crippen molar-refractivity contribution < 1.29 is 9.90 Å². The minimum atomic E-state index is -0.137. The highest BCUT2D eigenvalue weighted by Gasteiger charge is 2.34. The number of hydrogen-bond acceptors (Lipinski definition) is 3. The molecule has 0 bridgehead atoms. The summed E-state index contributed by atoms with van der Waals surface area (Å²) >= 11 is 0. The van der Waals surface area contributed by atoms with E-state index in [2.05, 4.69) is 17.4 Å². The van der Waals surface area contributed by atoms with Crippen molar-refractivity contribution in [3.8, 4) is 0 Å². The molecule has 0 saturated carbocycles. The first-order valence-corrected chi connectivity index (χ1v) is 7.01. The number of carbonyl (C=O) groups excluding carboxylic acids is 1. The molecule has 2 aliphatic heterocycles. The molecule has 2 aliphatic rings. The number of nitrogens with zero attached hydrogens (tertiary/aromatic N) is 1. The molecule has 0 aromatic heterocycles. The molecule has 1 unspecified atom stereocenters. The maximum Gasteiger partial charge on any atom is 0.240 e. The molecule has 0 spiro atoms. The van der Waals surface area contributed by atoms with Gasteiger partial charge in [0.25, 0.3) is 0 Å². The standard InChI is InChI=1S/C15H20N2O2/c18-10-13-6-3-7-17(13)15(19)14-8-11-4-1-2-5-12(11)9-16-14/h1-2,4-5,13-14,16,18H,3,6-10H2/t13-,14?/m1/s1. The lowest BCUT2D eigenvalue weighted by Crippen LogP contribution is -2.51. The van der Waals surface area contributed by atoms with Crippen LogP contribution < -0.4 is 5.32 Å². The third-order valence-corrected chi connectivity index (χ3v) is 4.25. The Bertz CT molecular complexity index is 475. The average Bonchev–Trinajstić information content (AvgIpc) is 2.94. The zero-order valence-corrected chi connectivity index (χ0v) is 11.0. The van der Waals surface area contributed by atoms with Crippen molar-refractivity contribution in [1.29, 1.82) is 0 Å². The van der Waals surface area contributed by atoms with Crippen LogP contribution in [0.25, 0.3) is 0 Å². The summed E-state index contributed by atoms with van der Waals surface area (Å²) in [6.07, 6.45) is 2.68. The fourth-order valence-electron chi connectivity index (χ4n) is 3.14. The van der Waals surface area contributed by atoms with Gasteiger partial charge in [0.1, 0.15) is 0 Å². The fraction of sp³-hybridized carbons (Fsp3) is 0.533.